The van der Waals surface area contributed by atoms with Crippen LogP contribution in [0, 0.1) is 0 Å². The van der Waals surface area contributed by atoms with Gasteiger partial charge in [0.25, 0.3) is 0 Å². The van der Waals surface area contributed by atoms with Crippen molar-refractivity contribution in [3.63, 3.8) is 0 Å². The van der Waals surface area contributed by atoms with Crippen molar-refractivity contribution in [3.05, 3.63) is 43.0 Å². The number of anilines is 1. The number of imidazole rings is 1. The van der Waals surface area contributed by atoms with Crippen LogP contribution in [-0.4, -0.2) is 9.55 Å². The molecule has 0 aliphatic rings. The summed E-state index contributed by atoms with van der Waals surface area (Å²) in [5, 5.41) is 0. The molecule has 0 atom stereocenters. The zero-order chi connectivity index (χ0) is 8.39. The number of nitrogens with zero attached hydrogens (tertiary/aromatic N) is 2. The standard InChI is InChI=1S/C9H9N3.2ClH/c10-8-3-1-2-4-9(8)12-6-5-11-7-12;;/h1-7H,10H2;2*1H. The molecule has 0 amide bonds. The molecule has 0 fully saturated rings. The van der Waals surface area contributed by atoms with Crippen LogP contribution in [0.2, 0.25) is 0 Å². The van der Waals surface area contributed by atoms with Gasteiger partial charge in [0, 0.05) is 12.4 Å². The topological polar surface area (TPSA) is 43.8 Å². The molecule has 0 saturated carbocycles. The van der Waals surface area contributed by atoms with Gasteiger partial charge in [-0.1, -0.05) is 12.1 Å². The van der Waals surface area contributed by atoms with Crippen molar-refractivity contribution in [2.24, 2.45) is 0 Å². The van der Waals surface area contributed by atoms with Crippen LogP contribution in [0.5, 0.6) is 0 Å². The number of nitrogen functional groups attached to an aromatic ring is 1. The second kappa shape index (κ2) is 5.52. The Morgan fingerprint density at radius 2 is 1.86 bits per heavy atom. The lowest BCUT2D eigenvalue weighted by Crippen LogP contribution is -1.96. The molecule has 14 heavy (non-hydrogen) atoms. The molecule has 5 heteroatoms. The molecule has 0 bridgehead atoms. The predicted molar refractivity (Wildman–Crippen MR) is 62.5 cm³/mol. The van der Waals surface area contributed by atoms with Crippen LogP contribution in [0.4, 0.5) is 5.69 Å². The van der Waals surface area contributed by atoms with Gasteiger partial charge in [0.2, 0.25) is 0 Å². The first-order chi connectivity index (χ1) is 5.88. The highest BCUT2D eigenvalue weighted by molar-refractivity contribution is 5.85. The third kappa shape index (κ3) is 2.40. The Morgan fingerprint density at radius 1 is 1.14 bits per heavy atom. The molecule has 3 nitrogen and oxygen atoms in total. The van der Waals surface area contributed by atoms with E-state index in [4.69, 9.17) is 5.73 Å². The van der Waals surface area contributed by atoms with Gasteiger partial charge in [-0.2, -0.15) is 0 Å². The zero-order valence-corrected chi connectivity index (χ0v) is 8.96. The minimum Gasteiger partial charge on any atom is -0.397 e. The van der Waals surface area contributed by atoms with Gasteiger partial charge in [-0.05, 0) is 12.1 Å². The molecule has 1 aromatic heterocycles. The molecule has 0 radical (unpaired) electrons. The number of nitrogens with two attached hydrogens (primary N) is 1. The van der Waals surface area contributed by atoms with E-state index in [0.29, 0.717) is 0 Å². The molecular weight excluding hydrogens is 221 g/mol. The van der Waals surface area contributed by atoms with Gasteiger partial charge < -0.3 is 10.3 Å². The molecule has 1 aromatic carbocycles. The molecule has 76 valence electrons. The molecule has 0 spiro atoms. The first kappa shape index (κ1) is 12.8. The zero-order valence-electron chi connectivity index (χ0n) is 7.33. The summed E-state index contributed by atoms with van der Waals surface area (Å²) in [7, 11) is 0. The minimum absolute atomic E-state index is 0. The lowest BCUT2D eigenvalue weighted by atomic mass is 10.3. The Kier molecular flexibility index (Phi) is 5.05. The highest BCUT2D eigenvalue weighted by Crippen LogP contribution is 2.14. The number of hydrogen-bond donors (Lipinski definition) is 1. The maximum Gasteiger partial charge on any atom is 0.0992 e. The fourth-order valence-corrected chi connectivity index (χ4v) is 1.12. The summed E-state index contributed by atoms with van der Waals surface area (Å²) < 4.78 is 1.88. The van der Waals surface area contributed by atoms with Crippen LogP contribution in [0.1, 0.15) is 0 Å². The fourth-order valence-electron chi connectivity index (χ4n) is 1.12. The summed E-state index contributed by atoms with van der Waals surface area (Å²) in [6, 6.07) is 7.69. The molecule has 1 heterocycles. The van der Waals surface area contributed by atoms with E-state index in [9.17, 15) is 0 Å². The maximum atomic E-state index is 5.76. The van der Waals surface area contributed by atoms with E-state index in [1.165, 1.54) is 0 Å². The van der Waals surface area contributed by atoms with Gasteiger partial charge in [0.15, 0.2) is 0 Å². The Balaban J connectivity index is 0.000000845. The molecule has 0 unspecified atom stereocenters. The highest BCUT2D eigenvalue weighted by atomic mass is 35.5. The van der Waals surface area contributed by atoms with E-state index in [0.717, 1.165) is 11.4 Å². The smallest absolute Gasteiger partial charge is 0.0992 e. The Labute approximate surface area is 94.8 Å². The van der Waals surface area contributed by atoms with E-state index >= 15 is 0 Å². The van der Waals surface area contributed by atoms with Crippen molar-refractivity contribution in [1.29, 1.82) is 0 Å². The van der Waals surface area contributed by atoms with E-state index < -0.39 is 0 Å². The van der Waals surface area contributed by atoms with Gasteiger partial charge in [-0.3, -0.25) is 0 Å². The van der Waals surface area contributed by atoms with Crippen molar-refractivity contribution in [2.75, 3.05) is 5.73 Å². The molecule has 2 N–H and O–H groups in total. The van der Waals surface area contributed by atoms with Gasteiger partial charge >= 0.3 is 0 Å². The van der Waals surface area contributed by atoms with E-state index in [-0.39, 0.29) is 24.8 Å². The molecule has 0 aliphatic carbocycles. The molecule has 0 aliphatic heterocycles. The molecular formula is C9H11Cl2N3. The quantitative estimate of drug-likeness (QED) is 0.766. The maximum absolute atomic E-state index is 5.76. The number of aromatic nitrogens is 2. The highest BCUT2D eigenvalue weighted by Gasteiger charge is 1.97. The van der Waals surface area contributed by atoms with Crippen molar-refractivity contribution < 1.29 is 0 Å². The summed E-state index contributed by atoms with van der Waals surface area (Å²) in [6.07, 6.45) is 5.32. The third-order valence-electron chi connectivity index (χ3n) is 1.72. The minimum atomic E-state index is 0. The first-order valence-electron chi connectivity index (χ1n) is 3.71. The number of para-hydroxylation sites is 2. The van der Waals surface area contributed by atoms with Crippen molar-refractivity contribution >= 4 is 30.5 Å². The third-order valence-corrected chi connectivity index (χ3v) is 1.72. The van der Waals surface area contributed by atoms with Crippen molar-refractivity contribution in [2.45, 2.75) is 0 Å². The number of rotatable bonds is 1. The van der Waals surface area contributed by atoms with Crippen LogP contribution in [0.25, 0.3) is 5.69 Å². The van der Waals surface area contributed by atoms with E-state index in [2.05, 4.69) is 4.98 Å². The van der Waals surface area contributed by atoms with Gasteiger partial charge in [0.05, 0.1) is 17.7 Å². The average Bonchev–Trinajstić information content (AvgIpc) is 2.57. The summed E-state index contributed by atoms with van der Waals surface area (Å²) in [6.45, 7) is 0. The molecule has 0 saturated heterocycles. The van der Waals surface area contributed by atoms with Gasteiger partial charge in [0.1, 0.15) is 0 Å². The van der Waals surface area contributed by atoms with Crippen LogP contribution < -0.4 is 5.73 Å². The summed E-state index contributed by atoms with van der Waals surface area (Å²) in [5.74, 6) is 0. The number of halogens is 2. The monoisotopic (exact) mass is 231 g/mol. The van der Waals surface area contributed by atoms with Crippen LogP contribution >= 0.6 is 24.8 Å². The van der Waals surface area contributed by atoms with Crippen molar-refractivity contribution in [1.82, 2.24) is 9.55 Å². The number of hydrogen-bond acceptors (Lipinski definition) is 2. The van der Waals surface area contributed by atoms with Gasteiger partial charge in [-0.15, -0.1) is 24.8 Å². The second-order valence-electron chi connectivity index (χ2n) is 2.53. The van der Waals surface area contributed by atoms with Crippen LogP contribution in [0.15, 0.2) is 43.0 Å². The lowest BCUT2D eigenvalue weighted by molar-refractivity contribution is 1.06. The Bertz CT molecular complexity index is 373. The lowest BCUT2D eigenvalue weighted by Gasteiger charge is -2.04. The van der Waals surface area contributed by atoms with Crippen LogP contribution in [-0.2, 0) is 0 Å². The van der Waals surface area contributed by atoms with E-state index in [1.807, 2.05) is 35.0 Å². The summed E-state index contributed by atoms with van der Waals surface area (Å²) in [4.78, 5) is 3.95. The summed E-state index contributed by atoms with van der Waals surface area (Å²) >= 11 is 0. The summed E-state index contributed by atoms with van der Waals surface area (Å²) in [5.41, 5.74) is 7.49. The first-order valence-corrected chi connectivity index (χ1v) is 3.71. The normalized spacial score (nSPS) is 8.57. The largest absolute Gasteiger partial charge is 0.397 e. The predicted octanol–water partition coefficient (Wildman–Crippen LogP) is 2.30. The Morgan fingerprint density at radius 3 is 2.43 bits per heavy atom. The van der Waals surface area contributed by atoms with Gasteiger partial charge in [-0.25, -0.2) is 4.98 Å². The fraction of sp³-hybridized carbons (Fsp3) is 0. The van der Waals surface area contributed by atoms with E-state index in [1.54, 1.807) is 12.5 Å². The average molecular weight is 232 g/mol. The molecule has 2 aromatic rings. The van der Waals surface area contributed by atoms with Crippen molar-refractivity contribution in [3.8, 4) is 5.69 Å². The Hall–Kier alpha value is -1.19. The van der Waals surface area contributed by atoms with Crippen LogP contribution in [0.3, 0.4) is 0 Å². The SMILES string of the molecule is Cl.Cl.Nc1ccccc1-n1ccnc1. The number of benzene rings is 1. The molecule has 2 rings (SSSR count). The second-order valence-corrected chi connectivity index (χ2v) is 2.53.